The summed E-state index contributed by atoms with van der Waals surface area (Å²) in [5, 5.41) is 8.03. The fourth-order valence-electron chi connectivity index (χ4n) is 2.96. The van der Waals surface area contributed by atoms with Crippen LogP contribution >= 0.6 is 11.6 Å². The van der Waals surface area contributed by atoms with Crippen molar-refractivity contribution in [2.24, 2.45) is 0 Å². The Morgan fingerprint density at radius 3 is 2.58 bits per heavy atom. The highest BCUT2D eigenvalue weighted by Crippen LogP contribution is 2.19. The largest absolute Gasteiger partial charge is 0.353 e. The molecule has 0 unspecified atom stereocenters. The molecule has 126 valence electrons. The highest BCUT2D eigenvalue weighted by molar-refractivity contribution is 6.30. The van der Waals surface area contributed by atoms with Crippen molar-refractivity contribution in [1.29, 1.82) is 0 Å². The third-order valence-corrected chi connectivity index (χ3v) is 4.53. The van der Waals surface area contributed by atoms with Gasteiger partial charge in [-0.3, -0.25) is 9.59 Å². The first kappa shape index (κ1) is 16.7. The number of aromatic nitrogens is 2. The number of hydrogen-bond donors (Lipinski definition) is 1. The van der Waals surface area contributed by atoms with Crippen LogP contribution in [0, 0.1) is 0 Å². The molecule has 0 aliphatic heterocycles. The summed E-state index contributed by atoms with van der Waals surface area (Å²) in [7, 11) is 0. The van der Waals surface area contributed by atoms with Crippen molar-refractivity contribution >= 4 is 17.5 Å². The molecule has 5 nitrogen and oxygen atoms in total. The zero-order valence-electron chi connectivity index (χ0n) is 13.4. The summed E-state index contributed by atoms with van der Waals surface area (Å²) in [5.74, 6) is -0.0208. The maximum absolute atomic E-state index is 12.0. The minimum Gasteiger partial charge on any atom is -0.353 e. The molecule has 1 saturated carbocycles. The minimum absolute atomic E-state index is 0.0208. The van der Waals surface area contributed by atoms with Crippen LogP contribution < -0.4 is 10.9 Å². The summed E-state index contributed by atoms with van der Waals surface area (Å²) in [6, 6.07) is 10.7. The fourth-order valence-corrected chi connectivity index (χ4v) is 3.09. The number of hydrogen-bond acceptors (Lipinski definition) is 3. The summed E-state index contributed by atoms with van der Waals surface area (Å²) in [6.07, 6.45) is 4.71. The number of carbonyl (C=O) groups is 1. The molecule has 0 atom stereocenters. The SMILES string of the molecule is O=C(CCn1nc(-c2ccc(Cl)cc2)ccc1=O)NC1CCCC1. The first-order valence-corrected chi connectivity index (χ1v) is 8.63. The van der Waals surface area contributed by atoms with Gasteiger partial charge in [0.15, 0.2) is 0 Å². The first-order chi connectivity index (χ1) is 11.6. The number of carbonyl (C=O) groups excluding carboxylic acids is 1. The number of halogens is 1. The van der Waals surface area contributed by atoms with E-state index in [2.05, 4.69) is 10.4 Å². The molecule has 2 aromatic rings. The number of rotatable bonds is 5. The number of aryl methyl sites for hydroxylation is 1. The Bertz CT molecular complexity index is 765. The van der Waals surface area contributed by atoms with Crippen molar-refractivity contribution in [2.75, 3.05) is 0 Å². The van der Waals surface area contributed by atoms with Crippen molar-refractivity contribution in [3.8, 4) is 11.3 Å². The van der Waals surface area contributed by atoms with Crippen LogP contribution in [0.2, 0.25) is 5.02 Å². The Morgan fingerprint density at radius 1 is 1.17 bits per heavy atom. The number of nitrogens with one attached hydrogen (secondary N) is 1. The Kier molecular flexibility index (Phi) is 5.30. The average Bonchev–Trinajstić information content (AvgIpc) is 3.08. The van der Waals surface area contributed by atoms with Crippen LogP contribution in [0.5, 0.6) is 0 Å². The van der Waals surface area contributed by atoms with E-state index in [9.17, 15) is 9.59 Å². The molecule has 6 heteroatoms. The van der Waals surface area contributed by atoms with Crippen molar-refractivity contribution < 1.29 is 4.79 Å². The predicted molar refractivity (Wildman–Crippen MR) is 94.0 cm³/mol. The van der Waals surface area contributed by atoms with E-state index in [0.717, 1.165) is 18.4 Å². The van der Waals surface area contributed by atoms with Crippen molar-refractivity contribution in [3.63, 3.8) is 0 Å². The van der Waals surface area contributed by atoms with Gasteiger partial charge in [-0.2, -0.15) is 5.10 Å². The van der Waals surface area contributed by atoms with Crippen LogP contribution in [0.3, 0.4) is 0 Å². The van der Waals surface area contributed by atoms with E-state index in [4.69, 9.17) is 11.6 Å². The van der Waals surface area contributed by atoms with Gasteiger partial charge in [-0.15, -0.1) is 0 Å². The smallest absolute Gasteiger partial charge is 0.266 e. The lowest BCUT2D eigenvalue weighted by molar-refractivity contribution is -0.122. The molecule has 0 spiro atoms. The Labute approximate surface area is 145 Å². The molecule has 1 aromatic carbocycles. The van der Waals surface area contributed by atoms with Gasteiger partial charge in [0.1, 0.15) is 0 Å². The second-order valence-electron chi connectivity index (χ2n) is 6.09. The zero-order chi connectivity index (χ0) is 16.9. The molecule has 1 amide bonds. The van der Waals surface area contributed by atoms with E-state index in [1.54, 1.807) is 18.2 Å². The van der Waals surface area contributed by atoms with Gasteiger partial charge >= 0.3 is 0 Å². The molecule has 1 aliphatic rings. The highest BCUT2D eigenvalue weighted by atomic mass is 35.5. The molecular formula is C18H20ClN3O2. The Morgan fingerprint density at radius 2 is 1.88 bits per heavy atom. The van der Waals surface area contributed by atoms with E-state index < -0.39 is 0 Å². The third kappa shape index (κ3) is 4.23. The maximum Gasteiger partial charge on any atom is 0.266 e. The summed E-state index contributed by atoms with van der Waals surface area (Å²) in [6.45, 7) is 0.277. The highest BCUT2D eigenvalue weighted by Gasteiger charge is 2.17. The molecule has 0 saturated heterocycles. The van der Waals surface area contributed by atoms with Crippen LogP contribution in [-0.4, -0.2) is 21.7 Å². The molecule has 0 bridgehead atoms. The van der Waals surface area contributed by atoms with Crippen LogP contribution in [0.4, 0.5) is 0 Å². The molecule has 1 N–H and O–H groups in total. The number of amides is 1. The lowest BCUT2D eigenvalue weighted by atomic mass is 10.1. The van der Waals surface area contributed by atoms with Crippen LogP contribution in [0.1, 0.15) is 32.1 Å². The topological polar surface area (TPSA) is 64.0 Å². The third-order valence-electron chi connectivity index (χ3n) is 4.28. The van der Waals surface area contributed by atoms with E-state index in [0.29, 0.717) is 16.8 Å². The predicted octanol–water partition coefficient (Wildman–Crippen LogP) is 3.01. The van der Waals surface area contributed by atoms with E-state index in [1.807, 2.05) is 12.1 Å². The van der Waals surface area contributed by atoms with Crippen molar-refractivity contribution in [1.82, 2.24) is 15.1 Å². The van der Waals surface area contributed by atoms with Gasteiger partial charge in [-0.05, 0) is 31.0 Å². The number of benzene rings is 1. The Hall–Kier alpha value is -2.14. The molecule has 1 aliphatic carbocycles. The molecule has 1 fully saturated rings. The van der Waals surface area contributed by atoms with Crippen LogP contribution in [0.15, 0.2) is 41.2 Å². The Balaban J connectivity index is 1.66. The molecule has 3 rings (SSSR count). The summed E-state index contributed by atoms with van der Waals surface area (Å²) >= 11 is 5.89. The monoisotopic (exact) mass is 345 g/mol. The van der Waals surface area contributed by atoms with Gasteiger partial charge in [-0.1, -0.05) is 36.6 Å². The van der Waals surface area contributed by atoms with Crippen molar-refractivity contribution in [2.45, 2.75) is 44.7 Å². The van der Waals surface area contributed by atoms with Gasteiger partial charge < -0.3 is 5.32 Å². The van der Waals surface area contributed by atoms with E-state index in [-0.39, 0.29) is 24.4 Å². The summed E-state index contributed by atoms with van der Waals surface area (Å²) < 4.78 is 1.35. The lowest BCUT2D eigenvalue weighted by Gasteiger charge is -2.12. The van der Waals surface area contributed by atoms with Crippen LogP contribution in [-0.2, 0) is 11.3 Å². The van der Waals surface area contributed by atoms with Gasteiger partial charge in [0.05, 0.1) is 12.2 Å². The normalized spacial score (nSPS) is 14.7. The first-order valence-electron chi connectivity index (χ1n) is 8.25. The van der Waals surface area contributed by atoms with E-state index in [1.165, 1.54) is 23.6 Å². The van der Waals surface area contributed by atoms with Gasteiger partial charge in [0, 0.05) is 29.1 Å². The molecule has 1 heterocycles. The average molecular weight is 346 g/mol. The van der Waals surface area contributed by atoms with Crippen molar-refractivity contribution in [3.05, 3.63) is 51.8 Å². The molecular weight excluding hydrogens is 326 g/mol. The summed E-state index contributed by atoms with van der Waals surface area (Å²) in [4.78, 5) is 24.0. The molecule has 0 radical (unpaired) electrons. The standard InChI is InChI=1S/C18H20ClN3O2/c19-14-7-5-13(6-8-14)16-9-10-18(24)22(21-16)12-11-17(23)20-15-3-1-2-4-15/h5-10,15H,1-4,11-12H2,(H,20,23). The molecule has 24 heavy (non-hydrogen) atoms. The second kappa shape index (κ2) is 7.62. The second-order valence-corrected chi connectivity index (χ2v) is 6.52. The quantitative estimate of drug-likeness (QED) is 0.906. The maximum atomic E-state index is 12.0. The fraction of sp³-hybridized carbons (Fsp3) is 0.389. The van der Waals surface area contributed by atoms with Crippen LogP contribution in [0.25, 0.3) is 11.3 Å². The number of nitrogens with zero attached hydrogens (tertiary/aromatic N) is 2. The lowest BCUT2D eigenvalue weighted by Crippen LogP contribution is -2.34. The van der Waals surface area contributed by atoms with Gasteiger partial charge in [0.25, 0.3) is 5.56 Å². The van der Waals surface area contributed by atoms with Gasteiger partial charge in [0.2, 0.25) is 5.91 Å². The van der Waals surface area contributed by atoms with Gasteiger partial charge in [-0.25, -0.2) is 4.68 Å². The zero-order valence-corrected chi connectivity index (χ0v) is 14.1. The minimum atomic E-state index is -0.207. The van der Waals surface area contributed by atoms with E-state index >= 15 is 0 Å². The molecule has 1 aromatic heterocycles. The summed E-state index contributed by atoms with van der Waals surface area (Å²) in [5.41, 5.74) is 1.35.